The maximum atomic E-state index is 13.5. The van der Waals surface area contributed by atoms with Gasteiger partial charge in [-0.05, 0) is 50.5 Å². The van der Waals surface area contributed by atoms with Gasteiger partial charge in [-0.15, -0.1) is 0 Å². The van der Waals surface area contributed by atoms with E-state index in [0.717, 1.165) is 41.0 Å². The number of nitrogens with zero attached hydrogens (tertiary/aromatic N) is 1. The number of fused-ring (bicyclic) bond motifs is 1. The second kappa shape index (κ2) is 4.34. The molecule has 0 spiro atoms. The van der Waals surface area contributed by atoms with Gasteiger partial charge in [0.05, 0.1) is 5.69 Å². The summed E-state index contributed by atoms with van der Waals surface area (Å²) in [4.78, 5) is 11.9. The van der Waals surface area contributed by atoms with Gasteiger partial charge in [0.1, 0.15) is 5.82 Å². The first-order valence-electron chi connectivity index (χ1n) is 6.59. The molecule has 1 aliphatic rings. The predicted octanol–water partition coefficient (Wildman–Crippen LogP) is 3.75. The second-order valence-corrected chi connectivity index (χ2v) is 5.19. The minimum atomic E-state index is -0.246. The summed E-state index contributed by atoms with van der Waals surface area (Å²) in [6.07, 6.45) is 2.38. The van der Waals surface area contributed by atoms with Gasteiger partial charge in [0.15, 0.2) is 5.78 Å². The molecular formula is C16H16FNO. The normalized spacial score (nSPS) is 14.6. The standard InChI is InChI=1S/C16H16FNO/c1-10-6-7-12(17)9-15(10)18-11(2)8-13-14(18)4-3-5-16(13)19/h6-9H,3-5H2,1-2H3. The number of aromatic nitrogens is 1. The van der Waals surface area contributed by atoms with Crippen LogP contribution in [0.3, 0.4) is 0 Å². The van der Waals surface area contributed by atoms with Crippen LogP contribution in [0.25, 0.3) is 5.69 Å². The zero-order chi connectivity index (χ0) is 13.6. The Labute approximate surface area is 111 Å². The topological polar surface area (TPSA) is 22.0 Å². The summed E-state index contributed by atoms with van der Waals surface area (Å²) in [7, 11) is 0. The number of Topliss-reactive ketones (excluding diaryl/α,β-unsaturated/α-hetero) is 1. The number of aryl methyl sites for hydroxylation is 2. The predicted molar refractivity (Wildman–Crippen MR) is 72.5 cm³/mol. The van der Waals surface area contributed by atoms with Crippen molar-refractivity contribution in [1.29, 1.82) is 0 Å². The molecule has 0 unspecified atom stereocenters. The van der Waals surface area contributed by atoms with E-state index in [1.165, 1.54) is 6.07 Å². The summed E-state index contributed by atoms with van der Waals surface area (Å²) in [5.74, 6) is -0.0401. The minimum Gasteiger partial charge on any atom is -0.317 e. The van der Waals surface area contributed by atoms with E-state index in [-0.39, 0.29) is 11.6 Å². The number of ketones is 1. The van der Waals surface area contributed by atoms with Crippen LogP contribution >= 0.6 is 0 Å². The van der Waals surface area contributed by atoms with Crippen LogP contribution in [0, 0.1) is 19.7 Å². The van der Waals surface area contributed by atoms with Gasteiger partial charge in [-0.1, -0.05) is 6.07 Å². The van der Waals surface area contributed by atoms with Gasteiger partial charge in [0, 0.05) is 23.4 Å². The molecular weight excluding hydrogens is 241 g/mol. The molecule has 2 nitrogen and oxygen atoms in total. The van der Waals surface area contributed by atoms with Crippen LogP contribution in [0.4, 0.5) is 4.39 Å². The lowest BCUT2D eigenvalue weighted by Gasteiger charge is -2.17. The molecule has 2 aromatic rings. The summed E-state index contributed by atoms with van der Waals surface area (Å²) >= 11 is 0. The number of carbonyl (C=O) groups excluding carboxylic acids is 1. The fourth-order valence-electron chi connectivity index (χ4n) is 2.89. The van der Waals surface area contributed by atoms with Gasteiger partial charge >= 0.3 is 0 Å². The van der Waals surface area contributed by atoms with Gasteiger partial charge in [-0.25, -0.2) is 4.39 Å². The number of halogens is 1. The third kappa shape index (κ3) is 1.89. The lowest BCUT2D eigenvalue weighted by Crippen LogP contribution is -2.13. The first-order chi connectivity index (χ1) is 9.08. The molecule has 0 bridgehead atoms. The number of hydrogen-bond donors (Lipinski definition) is 0. The highest BCUT2D eigenvalue weighted by atomic mass is 19.1. The fraction of sp³-hybridized carbons (Fsp3) is 0.312. The summed E-state index contributed by atoms with van der Waals surface area (Å²) in [5.41, 5.74) is 4.69. The van der Waals surface area contributed by atoms with Crippen LogP contribution in [-0.4, -0.2) is 10.4 Å². The molecule has 0 saturated heterocycles. The van der Waals surface area contributed by atoms with Crippen molar-refractivity contribution in [3.05, 3.63) is 52.6 Å². The molecule has 0 atom stereocenters. The van der Waals surface area contributed by atoms with E-state index in [0.29, 0.717) is 6.42 Å². The van der Waals surface area contributed by atoms with Crippen molar-refractivity contribution in [2.24, 2.45) is 0 Å². The Bertz CT molecular complexity index is 670. The number of rotatable bonds is 1. The molecule has 0 radical (unpaired) electrons. The molecule has 19 heavy (non-hydrogen) atoms. The number of hydrogen-bond acceptors (Lipinski definition) is 1. The first-order valence-corrected chi connectivity index (χ1v) is 6.59. The molecule has 0 saturated carbocycles. The van der Waals surface area contributed by atoms with Crippen LogP contribution in [0.1, 0.15) is 40.2 Å². The van der Waals surface area contributed by atoms with Crippen molar-refractivity contribution in [3.63, 3.8) is 0 Å². The highest BCUT2D eigenvalue weighted by Gasteiger charge is 2.23. The Morgan fingerprint density at radius 1 is 1.16 bits per heavy atom. The van der Waals surface area contributed by atoms with Crippen LogP contribution in [0.2, 0.25) is 0 Å². The van der Waals surface area contributed by atoms with Gasteiger partial charge < -0.3 is 4.57 Å². The molecule has 1 aliphatic carbocycles. The maximum absolute atomic E-state index is 13.5. The molecule has 0 N–H and O–H groups in total. The van der Waals surface area contributed by atoms with E-state index in [1.807, 2.05) is 24.5 Å². The van der Waals surface area contributed by atoms with Crippen molar-refractivity contribution in [1.82, 2.24) is 4.57 Å². The molecule has 0 aliphatic heterocycles. The Morgan fingerprint density at radius 3 is 2.74 bits per heavy atom. The highest BCUT2D eigenvalue weighted by molar-refractivity contribution is 5.98. The van der Waals surface area contributed by atoms with Gasteiger partial charge in [0.2, 0.25) is 0 Å². The molecule has 1 heterocycles. The molecule has 3 rings (SSSR count). The van der Waals surface area contributed by atoms with E-state index >= 15 is 0 Å². The Kier molecular flexibility index (Phi) is 2.77. The molecule has 0 amide bonds. The van der Waals surface area contributed by atoms with Crippen LogP contribution in [0.5, 0.6) is 0 Å². The minimum absolute atomic E-state index is 0.206. The Morgan fingerprint density at radius 2 is 1.95 bits per heavy atom. The van der Waals surface area contributed by atoms with Gasteiger partial charge in [0.25, 0.3) is 0 Å². The van der Waals surface area contributed by atoms with Crippen molar-refractivity contribution < 1.29 is 9.18 Å². The third-order valence-corrected chi connectivity index (χ3v) is 3.82. The lowest BCUT2D eigenvalue weighted by molar-refractivity contribution is 0.0972. The van der Waals surface area contributed by atoms with Crippen LogP contribution < -0.4 is 0 Å². The van der Waals surface area contributed by atoms with E-state index in [9.17, 15) is 9.18 Å². The van der Waals surface area contributed by atoms with Crippen LogP contribution in [0.15, 0.2) is 24.3 Å². The number of carbonyl (C=O) groups is 1. The van der Waals surface area contributed by atoms with Crippen molar-refractivity contribution >= 4 is 5.78 Å². The molecule has 98 valence electrons. The fourth-order valence-corrected chi connectivity index (χ4v) is 2.89. The average molecular weight is 257 g/mol. The van der Waals surface area contributed by atoms with Gasteiger partial charge in [-0.3, -0.25) is 4.79 Å². The van der Waals surface area contributed by atoms with E-state index in [4.69, 9.17) is 0 Å². The van der Waals surface area contributed by atoms with E-state index < -0.39 is 0 Å². The second-order valence-electron chi connectivity index (χ2n) is 5.19. The Balaban J connectivity index is 2.26. The molecule has 0 fully saturated rings. The summed E-state index contributed by atoms with van der Waals surface area (Å²) in [5, 5.41) is 0. The first kappa shape index (κ1) is 12.2. The lowest BCUT2D eigenvalue weighted by atomic mass is 9.96. The monoisotopic (exact) mass is 257 g/mol. The Hall–Kier alpha value is -1.90. The van der Waals surface area contributed by atoms with Crippen molar-refractivity contribution in [2.75, 3.05) is 0 Å². The molecule has 1 aromatic carbocycles. The van der Waals surface area contributed by atoms with Gasteiger partial charge in [-0.2, -0.15) is 0 Å². The zero-order valence-corrected chi connectivity index (χ0v) is 11.2. The molecule has 3 heteroatoms. The largest absolute Gasteiger partial charge is 0.317 e. The van der Waals surface area contributed by atoms with Crippen molar-refractivity contribution in [3.8, 4) is 5.69 Å². The smallest absolute Gasteiger partial charge is 0.164 e. The quantitative estimate of drug-likeness (QED) is 0.762. The van der Waals surface area contributed by atoms with E-state index in [2.05, 4.69) is 0 Å². The summed E-state index contributed by atoms with van der Waals surface area (Å²) in [6, 6.07) is 6.72. The molecule has 1 aromatic heterocycles. The van der Waals surface area contributed by atoms with Crippen LogP contribution in [-0.2, 0) is 6.42 Å². The number of benzene rings is 1. The highest BCUT2D eigenvalue weighted by Crippen LogP contribution is 2.29. The van der Waals surface area contributed by atoms with E-state index in [1.54, 1.807) is 12.1 Å². The average Bonchev–Trinajstić information content (AvgIpc) is 2.70. The maximum Gasteiger partial charge on any atom is 0.164 e. The third-order valence-electron chi connectivity index (χ3n) is 3.82. The van der Waals surface area contributed by atoms with Crippen molar-refractivity contribution in [2.45, 2.75) is 33.1 Å². The summed E-state index contributed by atoms with van der Waals surface area (Å²) in [6.45, 7) is 3.93. The zero-order valence-electron chi connectivity index (χ0n) is 11.2. The SMILES string of the molecule is Cc1ccc(F)cc1-n1c(C)cc2c1CCCC2=O. The summed E-state index contributed by atoms with van der Waals surface area (Å²) < 4.78 is 15.5.